The molecule has 228 valence electrons. The maximum Gasteiger partial charge on any atom is 0.267 e. The van der Waals surface area contributed by atoms with Crippen LogP contribution in [0.1, 0.15) is 22.6 Å². The van der Waals surface area contributed by atoms with Crippen LogP contribution in [-0.2, 0) is 19.5 Å². The summed E-state index contributed by atoms with van der Waals surface area (Å²) in [7, 11) is 3.59. The Labute approximate surface area is 260 Å². The second-order valence-electron chi connectivity index (χ2n) is 11.0. The molecule has 0 aliphatic rings. The average molecular weight is 606 g/mol. The van der Waals surface area contributed by atoms with Crippen LogP contribution in [0.4, 0.5) is 8.78 Å². The van der Waals surface area contributed by atoms with Crippen molar-refractivity contribution in [2.75, 3.05) is 20.7 Å². The van der Waals surface area contributed by atoms with Gasteiger partial charge in [-0.25, -0.2) is 18.2 Å². The van der Waals surface area contributed by atoms with Gasteiger partial charge in [-0.2, -0.15) is 0 Å². The molecule has 0 N–H and O–H groups in total. The maximum atomic E-state index is 15.0. The van der Waals surface area contributed by atoms with Crippen LogP contribution in [0.2, 0.25) is 0 Å². The normalized spacial score (nSPS) is 11.4. The first kappa shape index (κ1) is 29.9. The molecule has 45 heavy (non-hydrogen) atoms. The predicted octanol–water partition coefficient (Wildman–Crippen LogP) is 6.54. The van der Waals surface area contributed by atoms with Gasteiger partial charge in [0.1, 0.15) is 17.4 Å². The Kier molecular flexibility index (Phi) is 8.53. The minimum absolute atomic E-state index is 0.124. The highest BCUT2D eigenvalue weighted by Crippen LogP contribution is 2.30. The zero-order valence-electron chi connectivity index (χ0n) is 25.4. The number of rotatable bonds is 10. The van der Waals surface area contributed by atoms with E-state index in [4.69, 9.17) is 9.72 Å². The Hall–Kier alpha value is -5.15. The van der Waals surface area contributed by atoms with Crippen LogP contribution in [0, 0.1) is 18.6 Å². The number of hydrogen-bond acceptors (Lipinski definition) is 5. The van der Waals surface area contributed by atoms with Gasteiger partial charge in [0.25, 0.3) is 5.56 Å². The third-order valence-electron chi connectivity index (χ3n) is 8.04. The number of aromatic nitrogens is 4. The molecule has 0 fully saturated rings. The van der Waals surface area contributed by atoms with E-state index in [1.807, 2.05) is 54.1 Å². The molecule has 6 rings (SSSR count). The molecule has 7 nitrogen and oxygen atoms in total. The van der Waals surface area contributed by atoms with E-state index in [0.29, 0.717) is 58.4 Å². The number of nitrogens with zero attached hydrogens (tertiary/aromatic N) is 5. The second kappa shape index (κ2) is 12.8. The summed E-state index contributed by atoms with van der Waals surface area (Å²) in [6.45, 7) is 2.98. The smallest absolute Gasteiger partial charge is 0.267 e. The van der Waals surface area contributed by atoms with Crippen LogP contribution in [0.25, 0.3) is 28.2 Å². The summed E-state index contributed by atoms with van der Waals surface area (Å²) >= 11 is 0. The molecule has 0 spiro atoms. The molecule has 0 saturated heterocycles. The van der Waals surface area contributed by atoms with Gasteiger partial charge in [-0.1, -0.05) is 36.4 Å². The fraction of sp³-hybridized carbons (Fsp3) is 0.194. The van der Waals surface area contributed by atoms with Gasteiger partial charge in [0.05, 0.1) is 30.6 Å². The standard InChI is InChI=1S/C36H33F2N5O2/c1-24-33(26-10-8-11-28(37)21-26)35(44)43-32(23-41(2)20-18-29-12-6-7-19-39-29)34(25-14-16-30(45-3)17-15-25)40-36(43)42(24)22-27-9-4-5-13-31(27)38/h4-17,19,21H,18,20,22-23H2,1-3H3. The third kappa shape index (κ3) is 6.12. The van der Waals surface area contributed by atoms with E-state index in [9.17, 15) is 9.18 Å². The van der Waals surface area contributed by atoms with Crippen molar-refractivity contribution in [3.8, 4) is 28.1 Å². The van der Waals surface area contributed by atoms with Gasteiger partial charge in [0.15, 0.2) is 0 Å². The highest BCUT2D eigenvalue weighted by atomic mass is 19.1. The largest absolute Gasteiger partial charge is 0.497 e. The number of benzene rings is 3. The van der Waals surface area contributed by atoms with E-state index in [0.717, 1.165) is 17.7 Å². The fourth-order valence-electron chi connectivity index (χ4n) is 5.66. The lowest BCUT2D eigenvalue weighted by atomic mass is 10.0. The Morgan fingerprint density at radius 3 is 2.40 bits per heavy atom. The van der Waals surface area contributed by atoms with Crippen molar-refractivity contribution >= 4 is 5.78 Å². The summed E-state index contributed by atoms with van der Waals surface area (Å²) in [6, 6.07) is 25.9. The zero-order valence-corrected chi connectivity index (χ0v) is 25.4. The number of fused-ring (bicyclic) bond motifs is 1. The van der Waals surface area contributed by atoms with Crippen molar-refractivity contribution in [1.29, 1.82) is 0 Å². The maximum absolute atomic E-state index is 15.0. The molecule has 0 amide bonds. The molecule has 9 heteroatoms. The van der Waals surface area contributed by atoms with Gasteiger partial charge in [-0.15, -0.1) is 0 Å². The molecule has 0 bridgehead atoms. The second-order valence-corrected chi connectivity index (χ2v) is 11.0. The molecular weight excluding hydrogens is 572 g/mol. The lowest BCUT2D eigenvalue weighted by Crippen LogP contribution is -2.28. The SMILES string of the molecule is COc1ccc(-c2nc3n(Cc4ccccc4F)c(C)c(-c4cccc(F)c4)c(=O)n3c2CN(C)CCc2ccccn2)cc1. The summed E-state index contributed by atoms with van der Waals surface area (Å²) in [5.41, 5.74) is 4.51. The van der Waals surface area contributed by atoms with E-state index in [-0.39, 0.29) is 17.9 Å². The van der Waals surface area contributed by atoms with Gasteiger partial charge in [-0.05, 0) is 74.1 Å². The number of pyridine rings is 1. The lowest BCUT2D eigenvalue weighted by molar-refractivity contribution is 0.325. The number of methoxy groups -OCH3 is 1. The topological polar surface area (TPSA) is 64.7 Å². The molecule has 3 aromatic carbocycles. The van der Waals surface area contributed by atoms with Crippen LogP contribution >= 0.6 is 0 Å². The van der Waals surface area contributed by atoms with Gasteiger partial charge in [-0.3, -0.25) is 9.78 Å². The number of hydrogen-bond donors (Lipinski definition) is 0. The monoisotopic (exact) mass is 605 g/mol. The number of imidazole rings is 1. The first-order chi connectivity index (χ1) is 21.8. The van der Waals surface area contributed by atoms with Crippen LogP contribution in [0.3, 0.4) is 0 Å². The summed E-state index contributed by atoms with van der Waals surface area (Å²) in [5, 5.41) is 0. The fourth-order valence-corrected chi connectivity index (χ4v) is 5.66. The first-order valence-electron chi connectivity index (χ1n) is 14.7. The Bertz CT molecular complexity index is 2020. The van der Waals surface area contributed by atoms with Crippen molar-refractivity contribution in [2.45, 2.75) is 26.4 Å². The van der Waals surface area contributed by atoms with Crippen LogP contribution in [0.5, 0.6) is 5.75 Å². The van der Waals surface area contributed by atoms with E-state index in [2.05, 4.69) is 9.88 Å². The predicted molar refractivity (Wildman–Crippen MR) is 171 cm³/mol. The zero-order chi connectivity index (χ0) is 31.5. The number of ether oxygens (including phenoxy) is 1. The van der Waals surface area contributed by atoms with Gasteiger partial charge >= 0.3 is 0 Å². The van der Waals surface area contributed by atoms with Crippen molar-refractivity contribution < 1.29 is 13.5 Å². The lowest BCUT2D eigenvalue weighted by Gasteiger charge is -2.19. The van der Waals surface area contributed by atoms with Crippen LogP contribution in [-0.4, -0.2) is 44.5 Å². The molecule has 3 aromatic heterocycles. The van der Waals surface area contributed by atoms with Gasteiger partial charge < -0.3 is 14.2 Å². The van der Waals surface area contributed by atoms with Crippen molar-refractivity contribution in [3.05, 3.63) is 142 Å². The highest BCUT2D eigenvalue weighted by molar-refractivity contribution is 5.71. The van der Waals surface area contributed by atoms with E-state index in [1.54, 1.807) is 55.0 Å². The molecule has 3 heterocycles. The molecule has 0 aliphatic heterocycles. The van der Waals surface area contributed by atoms with E-state index >= 15 is 4.39 Å². The van der Waals surface area contributed by atoms with Gasteiger partial charge in [0, 0.05) is 48.2 Å². The molecule has 0 unspecified atom stereocenters. The first-order valence-corrected chi connectivity index (χ1v) is 14.7. The van der Waals surface area contributed by atoms with Crippen LogP contribution in [0.15, 0.2) is 102 Å². The van der Waals surface area contributed by atoms with E-state index < -0.39 is 5.82 Å². The Morgan fingerprint density at radius 1 is 0.911 bits per heavy atom. The molecule has 0 saturated carbocycles. The molecular formula is C36H33F2N5O2. The van der Waals surface area contributed by atoms with Crippen molar-refractivity contribution in [2.24, 2.45) is 0 Å². The summed E-state index contributed by atoms with van der Waals surface area (Å²) < 4.78 is 38.3. The number of halogens is 2. The van der Waals surface area contributed by atoms with Crippen molar-refractivity contribution in [1.82, 2.24) is 23.8 Å². The van der Waals surface area contributed by atoms with Crippen molar-refractivity contribution in [3.63, 3.8) is 0 Å². The minimum Gasteiger partial charge on any atom is -0.497 e. The highest BCUT2D eigenvalue weighted by Gasteiger charge is 2.25. The molecule has 6 aromatic rings. The van der Waals surface area contributed by atoms with E-state index in [1.165, 1.54) is 18.2 Å². The quantitative estimate of drug-likeness (QED) is 0.177. The summed E-state index contributed by atoms with van der Waals surface area (Å²) in [4.78, 5) is 26.1. The average Bonchev–Trinajstić information content (AvgIpc) is 3.42. The Morgan fingerprint density at radius 2 is 1.69 bits per heavy atom. The molecule has 0 atom stereocenters. The number of likely N-dealkylation sites (N-methyl/N-ethyl adjacent to an activating group) is 1. The third-order valence-corrected chi connectivity index (χ3v) is 8.04. The summed E-state index contributed by atoms with van der Waals surface area (Å²) in [6.07, 6.45) is 2.49. The summed E-state index contributed by atoms with van der Waals surface area (Å²) in [5.74, 6) is 0.253. The molecule has 0 radical (unpaired) electrons. The van der Waals surface area contributed by atoms with Crippen LogP contribution < -0.4 is 10.3 Å². The molecule has 0 aliphatic carbocycles. The minimum atomic E-state index is -0.453. The van der Waals surface area contributed by atoms with Gasteiger partial charge in [0.2, 0.25) is 5.78 Å². The Balaban J connectivity index is 1.58.